The molecular weight excluding hydrogens is 220 g/mol. The van der Waals surface area contributed by atoms with Crippen molar-refractivity contribution in [3.63, 3.8) is 0 Å². The van der Waals surface area contributed by atoms with Crippen LogP contribution < -0.4 is 0 Å². The molecule has 6 nitrogen and oxygen atoms in total. The smallest absolute Gasteiger partial charge is 0.307 e. The van der Waals surface area contributed by atoms with Crippen molar-refractivity contribution >= 4 is 16.0 Å². The van der Waals surface area contributed by atoms with Gasteiger partial charge < -0.3 is 4.74 Å². The Morgan fingerprint density at radius 2 is 2.13 bits per heavy atom. The third kappa shape index (κ3) is 5.34. The molecule has 0 aromatic carbocycles. The fraction of sp³-hybridized carbons (Fsp3) is 0.750. The molecule has 0 amide bonds. The number of hydrogen-bond donors (Lipinski definition) is 0. The zero-order valence-corrected chi connectivity index (χ0v) is 9.58. The highest BCUT2D eigenvalue weighted by Gasteiger charge is 2.18. The summed E-state index contributed by atoms with van der Waals surface area (Å²) in [5.74, 6) is -1.02. The van der Waals surface area contributed by atoms with Gasteiger partial charge in [0, 0.05) is 13.6 Å². The largest absolute Gasteiger partial charge is 0.466 e. The van der Waals surface area contributed by atoms with Gasteiger partial charge in [-0.15, -0.1) is 0 Å². The molecule has 7 heteroatoms. The summed E-state index contributed by atoms with van der Waals surface area (Å²) in [7, 11) is -2.23. The lowest BCUT2D eigenvalue weighted by atomic mass is 10.4. The number of sulfonamides is 1. The van der Waals surface area contributed by atoms with Crippen molar-refractivity contribution in [3.8, 4) is 6.07 Å². The third-order valence-corrected chi connectivity index (χ3v) is 3.28. The first-order chi connectivity index (χ1) is 6.94. The van der Waals surface area contributed by atoms with Gasteiger partial charge in [-0.3, -0.25) is 4.79 Å². The predicted octanol–water partition coefficient (Wildman–Crippen LogP) is -0.275. The van der Waals surface area contributed by atoms with Crippen LogP contribution in [0.15, 0.2) is 0 Å². The summed E-state index contributed by atoms with van der Waals surface area (Å²) in [6.07, 6.45) is -0.00496. The second-order valence-corrected chi connectivity index (χ2v) is 4.87. The average Bonchev–Trinajstić information content (AvgIpc) is 2.14. The highest BCUT2D eigenvalue weighted by Crippen LogP contribution is 1.99. The van der Waals surface area contributed by atoms with E-state index in [0.29, 0.717) is 0 Å². The topological polar surface area (TPSA) is 87.5 Å². The van der Waals surface area contributed by atoms with Gasteiger partial charge in [-0.2, -0.15) is 5.26 Å². The van der Waals surface area contributed by atoms with Crippen molar-refractivity contribution < 1.29 is 17.9 Å². The summed E-state index contributed by atoms with van der Waals surface area (Å²) in [6.45, 7) is 1.98. The molecule has 0 N–H and O–H groups in total. The minimum atomic E-state index is -3.56. The maximum Gasteiger partial charge on any atom is 0.307 e. The molecule has 0 saturated carbocycles. The standard InChI is InChI=1S/C8H14N2O4S/c1-3-14-8(11)4-6-10(2)15(12,13)7-5-9/h3-4,6-7H2,1-2H3. The van der Waals surface area contributed by atoms with Gasteiger partial charge in [-0.25, -0.2) is 12.7 Å². The summed E-state index contributed by atoms with van der Waals surface area (Å²) in [4.78, 5) is 10.9. The van der Waals surface area contributed by atoms with Crippen LogP contribution in [-0.4, -0.2) is 44.6 Å². The van der Waals surface area contributed by atoms with E-state index >= 15 is 0 Å². The second-order valence-electron chi connectivity index (χ2n) is 2.79. The maximum atomic E-state index is 11.3. The van der Waals surface area contributed by atoms with E-state index in [1.165, 1.54) is 7.05 Å². The summed E-state index contributed by atoms with van der Waals surface area (Å²) in [5.41, 5.74) is 0. The lowest BCUT2D eigenvalue weighted by molar-refractivity contribution is -0.143. The molecule has 0 saturated heterocycles. The molecule has 0 aliphatic carbocycles. The predicted molar refractivity (Wildman–Crippen MR) is 53.3 cm³/mol. The van der Waals surface area contributed by atoms with Crippen molar-refractivity contribution in [3.05, 3.63) is 0 Å². The van der Waals surface area contributed by atoms with E-state index in [1.807, 2.05) is 0 Å². The Kier molecular flexibility index (Phi) is 5.89. The van der Waals surface area contributed by atoms with Crippen molar-refractivity contribution in [1.82, 2.24) is 4.31 Å². The summed E-state index contributed by atoms with van der Waals surface area (Å²) in [6, 6.07) is 1.56. The second kappa shape index (κ2) is 6.37. The SMILES string of the molecule is CCOC(=O)CCN(C)S(=O)(=O)CC#N. The van der Waals surface area contributed by atoms with E-state index in [9.17, 15) is 13.2 Å². The van der Waals surface area contributed by atoms with Crippen LogP contribution in [-0.2, 0) is 19.6 Å². The Bertz CT molecular complexity index is 344. The monoisotopic (exact) mass is 234 g/mol. The number of nitriles is 1. The maximum absolute atomic E-state index is 11.3. The van der Waals surface area contributed by atoms with Crippen molar-refractivity contribution in [2.24, 2.45) is 0 Å². The van der Waals surface area contributed by atoms with Crippen LogP contribution in [0.25, 0.3) is 0 Å². The van der Waals surface area contributed by atoms with Gasteiger partial charge in [0.15, 0.2) is 5.75 Å². The molecule has 0 rings (SSSR count). The molecule has 0 spiro atoms. The van der Waals surface area contributed by atoms with Gasteiger partial charge in [0.05, 0.1) is 19.1 Å². The average molecular weight is 234 g/mol. The molecule has 15 heavy (non-hydrogen) atoms. The lowest BCUT2D eigenvalue weighted by Crippen LogP contribution is -2.31. The van der Waals surface area contributed by atoms with Crippen LogP contribution in [0.4, 0.5) is 0 Å². The molecule has 0 atom stereocenters. The molecule has 0 aliphatic heterocycles. The van der Waals surface area contributed by atoms with E-state index < -0.39 is 21.7 Å². The number of ether oxygens (including phenoxy) is 1. The Labute approximate surface area is 89.5 Å². The quantitative estimate of drug-likeness (QED) is 0.590. The number of carbonyl (C=O) groups is 1. The number of hydrogen-bond acceptors (Lipinski definition) is 5. The summed E-state index contributed by atoms with van der Waals surface area (Å²) < 4.78 is 28.1. The molecule has 0 aliphatic rings. The van der Waals surface area contributed by atoms with Gasteiger partial charge >= 0.3 is 5.97 Å². The third-order valence-electron chi connectivity index (χ3n) is 1.66. The van der Waals surface area contributed by atoms with E-state index in [0.717, 1.165) is 4.31 Å². The first kappa shape index (κ1) is 13.9. The molecule has 0 aromatic rings. The summed E-state index contributed by atoms with van der Waals surface area (Å²) in [5, 5.41) is 8.26. The van der Waals surface area contributed by atoms with Crippen LogP contribution in [0.2, 0.25) is 0 Å². The van der Waals surface area contributed by atoms with Crippen LogP contribution in [0, 0.1) is 11.3 Å². The Balaban J connectivity index is 4.10. The number of esters is 1. The number of rotatable bonds is 6. The molecule has 0 unspecified atom stereocenters. The van der Waals surface area contributed by atoms with Gasteiger partial charge in [0.2, 0.25) is 10.0 Å². The minimum absolute atomic E-state index is 0.00496. The van der Waals surface area contributed by atoms with E-state index in [-0.39, 0.29) is 19.6 Å². The van der Waals surface area contributed by atoms with Crippen LogP contribution in [0.1, 0.15) is 13.3 Å². The highest BCUT2D eigenvalue weighted by molar-refractivity contribution is 7.89. The molecule has 0 radical (unpaired) electrons. The Morgan fingerprint density at radius 1 is 1.53 bits per heavy atom. The summed E-state index contributed by atoms with van der Waals surface area (Å²) >= 11 is 0. The molecule has 0 heterocycles. The number of carbonyl (C=O) groups excluding carboxylic acids is 1. The van der Waals surface area contributed by atoms with Gasteiger partial charge in [-0.05, 0) is 6.92 Å². The van der Waals surface area contributed by atoms with Crippen molar-refractivity contribution in [2.45, 2.75) is 13.3 Å². The Hall–Kier alpha value is -1.13. The van der Waals surface area contributed by atoms with E-state index in [4.69, 9.17) is 5.26 Å². The first-order valence-electron chi connectivity index (χ1n) is 4.40. The van der Waals surface area contributed by atoms with Crippen LogP contribution >= 0.6 is 0 Å². The molecular formula is C8H14N2O4S. The zero-order chi connectivity index (χ0) is 11.9. The van der Waals surface area contributed by atoms with Crippen LogP contribution in [0.5, 0.6) is 0 Å². The van der Waals surface area contributed by atoms with E-state index in [1.54, 1.807) is 13.0 Å². The molecule has 0 bridgehead atoms. The number of nitrogens with zero attached hydrogens (tertiary/aromatic N) is 2. The molecule has 86 valence electrons. The highest BCUT2D eigenvalue weighted by atomic mass is 32.2. The van der Waals surface area contributed by atoms with E-state index in [2.05, 4.69) is 4.74 Å². The normalized spacial score (nSPS) is 11.1. The van der Waals surface area contributed by atoms with Gasteiger partial charge in [0.1, 0.15) is 0 Å². The van der Waals surface area contributed by atoms with Crippen molar-refractivity contribution in [2.75, 3.05) is 26.0 Å². The lowest BCUT2D eigenvalue weighted by Gasteiger charge is -2.14. The minimum Gasteiger partial charge on any atom is -0.466 e. The zero-order valence-electron chi connectivity index (χ0n) is 8.76. The van der Waals surface area contributed by atoms with Gasteiger partial charge in [0.25, 0.3) is 0 Å². The van der Waals surface area contributed by atoms with Gasteiger partial charge in [-0.1, -0.05) is 0 Å². The molecule has 0 fully saturated rings. The Morgan fingerprint density at radius 3 is 2.60 bits per heavy atom. The fourth-order valence-electron chi connectivity index (χ4n) is 0.813. The van der Waals surface area contributed by atoms with Crippen molar-refractivity contribution in [1.29, 1.82) is 5.26 Å². The van der Waals surface area contributed by atoms with Crippen LogP contribution in [0.3, 0.4) is 0 Å². The fourth-order valence-corrected chi connectivity index (χ4v) is 1.57. The molecule has 0 aromatic heterocycles. The first-order valence-corrected chi connectivity index (χ1v) is 6.01.